The van der Waals surface area contributed by atoms with Gasteiger partial charge in [0, 0.05) is 12.2 Å². The lowest BCUT2D eigenvalue weighted by Crippen LogP contribution is -2.32. The Morgan fingerprint density at radius 2 is 2.21 bits per heavy atom. The molecule has 2 heterocycles. The molecule has 0 amide bonds. The molecular formula is C17H20N4O3. The van der Waals surface area contributed by atoms with Gasteiger partial charge in [-0.2, -0.15) is 0 Å². The zero-order chi connectivity index (χ0) is 16.8. The Bertz CT molecular complexity index is 863. The molecule has 0 aliphatic heterocycles. The van der Waals surface area contributed by atoms with Gasteiger partial charge in [-0.15, -0.1) is 0 Å². The summed E-state index contributed by atoms with van der Waals surface area (Å²) in [4.78, 5) is 27.6. The number of nitrogens with zero attached hydrogens (tertiary/aromatic N) is 3. The molecule has 2 aromatic heterocycles. The highest BCUT2D eigenvalue weighted by Gasteiger charge is 2.42. The number of fused-ring (bicyclic) bond motifs is 3. The Morgan fingerprint density at radius 1 is 1.38 bits per heavy atom. The molecule has 4 atom stereocenters. The monoisotopic (exact) mass is 328 g/mol. The summed E-state index contributed by atoms with van der Waals surface area (Å²) in [5, 5.41) is 14.6. The first-order valence-corrected chi connectivity index (χ1v) is 8.47. The molecule has 0 radical (unpaired) electrons. The van der Waals surface area contributed by atoms with Gasteiger partial charge in [0.25, 0.3) is 0 Å². The smallest absolute Gasteiger partial charge is 0.361 e. The van der Waals surface area contributed by atoms with Crippen LogP contribution in [0.2, 0.25) is 0 Å². The third kappa shape index (κ3) is 2.35. The molecule has 2 saturated carbocycles. The number of rotatable bonds is 4. The topological polar surface area (TPSA) is 89.5 Å². The van der Waals surface area contributed by atoms with Crippen LogP contribution in [0.1, 0.15) is 32.6 Å². The molecule has 0 saturated heterocycles. The van der Waals surface area contributed by atoms with E-state index < -0.39 is 16.2 Å². The van der Waals surface area contributed by atoms with Crippen LogP contribution < -0.4 is 10.9 Å². The molecule has 2 fully saturated rings. The van der Waals surface area contributed by atoms with E-state index in [0.29, 0.717) is 17.5 Å². The Hall–Kier alpha value is -2.44. The first kappa shape index (κ1) is 15.1. The van der Waals surface area contributed by atoms with Crippen molar-refractivity contribution in [2.24, 2.45) is 17.8 Å². The lowest BCUT2D eigenvalue weighted by molar-refractivity contribution is -0.385. The van der Waals surface area contributed by atoms with E-state index in [4.69, 9.17) is 0 Å². The Balaban J connectivity index is 1.71. The van der Waals surface area contributed by atoms with Crippen LogP contribution in [0.5, 0.6) is 0 Å². The van der Waals surface area contributed by atoms with Crippen molar-refractivity contribution in [1.29, 1.82) is 0 Å². The molecule has 0 spiro atoms. The van der Waals surface area contributed by atoms with Gasteiger partial charge in [-0.1, -0.05) is 12.5 Å². The number of nitro groups is 1. The van der Waals surface area contributed by atoms with Crippen molar-refractivity contribution in [3.8, 4) is 0 Å². The van der Waals surface area contributed by atoms with E-state index in [-0.39, 0.29) is 11.9 Å². The maximum Gasteiger partial charge on any atom is 0.376 e. The fourth-order valence-electron chi connectivity index (χ4n) is 4.57. The molecule has 24 heavy (non-hydrogen) atoms. The number of anilines is 1. The van der Waals surface area contributed by atoms with E-state index in [1.54, 1.807) is 18.2 Å². The summed E-state index contributed by atoms with van der Waals surface area (Å²) in [6.45, 7) is 2.05. The van der Waals surface area contributed by atoms with Crippen molar-refractivity contribution >= 4 is 17.2 Å². The van der Waals surface area contributed by atoms with Gasteiger partial charge in [0.1, 0.15) is 5.65 Å². The van der Waals surface area contributed by atoms with Crippen molar-refractivity contribution in [3.05, 3.63) is 44.9 Å². The van der Waals surface area contributed by atoms with Crippen molar-refractivity contribution in [1.82, 2.24) is 9.38 Å². The first-order valence-electron chi connectivity index (χ1n) is 8.47. The number of pyridine rings is 1. The number of nitrogens with one attached hydrogen (secondary N) is 1. The Labute approximate surface area is 138 Å². The minimum atomic E-state index is -0.645. The molecule has 2 aliphatic carbocycles. The fourth-order valence-corrected chi connectivity index (χ4v) is 4.57. The molecule has 0 unspecified atom stereocenters. The van der Waals surface area contributed by atoms with E-state index in [1.165, 1.54) is 36.3 Å². The zero-order valence-electron chi connectivity index (χ0n) is 13.5. The standard InChI is InChI=1S/C17H20N4O3/c1-10(13-9-11-5-6-12(13)8-11)18-16-15(21(23)24)17(22)20-7-3-2-4-14(20)19-16/h2-4,7,10-13,18H,5-6,8-9H2,1H3/t10-,11-,12-,13-/m0/s1. The number of hydrogen-bond acceptors (Lipinski definition) is 5. The Kier molecular flexibility index (Phi) is 3.51. The van der Waals surface area contributed by atoms with E-state index in [2.05, 4.69) is 10.3 Å². The average Bonchev–Trinajstić information content (AvgIpc) is 3.17. The van der Waals surface area contributed by atoms with Crippen molar-refractivity contribution in [2.45, 2.75) is 38.6 Å². The normalized spacial score (nSPS) is 26.6. The first-order chi connectivity index (χ1) is 11.5. The van der Waals surface area contributed by atoms with E-state index >= 15 is 0 Å². The summed E-state index contributed by atoms with van der Waals surface area (Å²) in [7, 11) is 0. The molecule has 2 aliphatic rings. The summed E-state index contributed by atoms with van der Waals surface area (Å²) >= 11 is 0. The molecule has 7 heteroatoms. The van der Waals surface area contributed by atoms with Crippen LogP contribution in [0.3, 0.4) is 0 Å². The van der Waals surface area contributed by atoms with Gasteiger partial charge in [0.2, 0.25) is 5.82 Å². The van der Waals surface area contributed by atoms with E-state index in [1.807, 2.05) is 6.92 Å². The minimum absolute atomic E-state index is 0.0667. The minimum Gasteiger partial charge on any atom is -0.361 e. The molecule has 2 aromatic rings. The second-order valence-electron chi connectivity index (χ2n) is 7.07. The van der Waals surface area contributed by atoms with Crippen LogP contribution in [-0.4, -0.2) is 20.3 Å². The van der Waals surface area contributed by atoms with Gasteiger partial charge in [-0.25, -0.2) is 4.98 Å². The predicted molar refractivity (Wildman–Crippen MR) is 90.1 cm³/mol. The van der Waals surface area contributed by atoms with Crippen LogP contribution in [-0.2, 0) is 0 Å². The third-order valence-corrected chi connectivity index (χ3v) is 5.69. The van der Waals surface area contributed by atoms with Crippen LogP contribution in [0.15, 0.2) is 29.2 Å². The van der Waals surface area contributed by atoms with Crippen LogP contribution in [0, 0.1) is 27.9 Å². The van der Waals surface area contributed by atoms with Crippen LogP contribution in [0.4, 0.5) is 11.5 Å². The average molecular weight is 328 g/mol. The molecule has 0 aromatic carbocycles. The van der Waals surface area contributed by atoms with Gasteiger partial charge in [0.05, 0.1) is 4.92 Å². The SMILES string of the molecule is C[C@H](Nc1nc2ccccn2c(=O)c1[N+](=O)[O-])[C@@H]1C[C@H]2CC[C@H]1C2. The number of aromatic nitrogens is 2. The van der Waals surface area contributed by atoms with Gasteiger partial charge >= 0.3 is 11.2 Å². The zero-order valence-corrected chi connectivity index (χ0v) is 13.5. The summed E-state index contributed by atoms with van der Waals surface area (Å²) < 4.78 is 1.21. The highest BCUT2D eigenvalue weighted by Crippen LogP contribution is 2.49. The molecule has 126 valence electrons. The van der Waals surface area contributed by atoms with Gasteiger partial charge < -0.3 is 5.32 Å². The molecule has 7 nitrogen and oxygen atoms in total. The third-order valence-electron chi connectivity index (χ3n) is 5.69. The highest BCUT2D eigenvalue weighted by molar-refractivity contribution is 5.60. The largest absolute Gasteiger partial charge is 0.376 e. The van der Waals surface area contributed by atoms with Gasteiger partial charge in [-0.05, 0) is 56.1 Å². The van der Waals surface area contributed by atoms with E-state index in [0.717, 1.165) is 5.92 Å². The maximum absolute atomic E-state index is 12.5. The summed E-state index contributed by atoms with van der Waals surface area (Å²) in [5.41, 5.74) is -0.710. The second-order valence-corrected chi connectivity index (χ2v) is 7.07. The van der Waals surface area contributed by atoms with Crippen molar-refractivity contribution in [3.63, 3.8) is 0 Å². The molecule has 4 rings (SSSR count). The quantitative estimate of drug-likeness (QED) is 0.688. The lowest BCUT2D eigenvalue weighted by Gasteiger charge is -2.28. The molecular weight excluding hydrogens is 308 g/mol. The van der Waals surface area contributed by atoms with Crippen LogP contribution in [0.25, 0.3) is 5.65 Å². The van der Waals surface area contributed by atoms with Gasteiger partial charge in [0.15, 0.2) is 0 Å². The highest BCUT2D eigenvalue weighted by atomic mass is 16.6. The van der Waals surface area contributed by atoms with Crippen molar-refractivity contribution in [2.75, 3.05) is 5.32 Å². The van der Waals surface area contributed by atoms with Crippen LogP contribution >= 0.6 is 0 Å². The summed E-state index contributed by atoms with van der Waals surface area (Å²) in [6.07, 6.45) is 6.49. The van der Waals surface area contributed by atoms with Gasteiger partial charge in [-0.3, -0.25) is 19.3 Å². The van der Waals surface area contributed by atoms with E-state index in [9.17, 15) is 14.9 Å². The molecule has 1 N–H and O–H groups in total. The second kappa shape index (κ2) is 5.58. The predicted octanol–water partition coefficient (Wildman–Crippen LogP) is 2.84. The maximum atomic E-state index is 12.5. The number of hydrogen-bond donors (Lipinski definition) is 1. The summed E-state index contributed by atoms with van der Waals surface area (Å²) in [6, 6.07) is 5.16. The summed E-state index contributed by atoms with van der Waals surface area (Å²) in [5.74, 6) is 2.08. The van der Waals surface area contributed by atoms with Crippen molar-refractivity contribution < 1.29 is 4.92 Å². The molecule has 2 bridgehead atoms. The Morgan fingerprint density at radius 3 is 2.88 bits per heavy atom. The fraction of sp³-hybridized carbons (Fsp3) is 0.529. The lowest BCUT2D eigenvalue weighted by atomic mass is 9.84.